The van der Waals surface area contributed by atoms with Crippen LogP contribution >= 0.6 is 0 Å². The number of nitrogens with zero attached hydrogens (tertiary/aromatic N) is 3. The summed E-state index contributed by atoms with van der Waals surface area (Å²) in [5, 5.41) is 0. The van der Waals surface area contributed by atoms with Gasteiger partial charge in [0.1, 0.15) is 5.84 Å². The molecule has 0 aromatic carbocycles. The minimum absolute atomic E-state index is 0.204. The van der Waals surface area contributed by atoms with Crippen LogP contribution in [0.2, 0.25) is 0 Å². The number of likely N-dealkylation sites (tertiary alicyclic amines) is 1. The van der Waals surface area contributed by atoms with Crippen LogP contribution in [0.25, 0.3) is 0 Å². The number of aliphatic imine (C=N–C) groups is 1. The summed E-state index contributed by atoms with van der Waals surface area (Å²) >= 11 is 0. The van der Waals surface area contributed by atoms with Gasteiger partial charge in [-0.3, -0.25) is 9.79 Å². The number of rotatable bonds is 3. The number of hydrogen-bond donors (Lipinski definition) is 0. The number of piperidine rings is 1. The molecule has 0 bridgehead atoms. The van der Waals surface area contributed by atoms with Crippen molar-refractivity contribution in [2.24, 2.45) is 4.99 Å². The molecule has 1 unspecified atom stereocenters. The summed E-state index contributed by atoms with van der Waals surface area (Å²) in [4.78, 5) is 21.2. The van der Waals surface area contributed by atoms with Crippen LogP contribution in [-0.2, 0) is 4.79 Å². The van der Waals surface area contributed by atoms with Crippen LogP contribution < -0.4 is 0 Å². The van der Waals surface area contributed by atoms with Gasteiger partial charge >= 0.3 is 0 Å². The molecule has 110 valence electrons. The highest BCUT2D eigenvalue weighted by Gasteiger charge is 2.48. The highest BCUT2D eigenvalue weighted by molar-refractivity contribution is 6.08. The van der Waals surface area contributed by atoms with Crippen molar-refractivity contribution >= 4 is 11.7 Å². The molecule has 0 N–H and O–H groups in total. The Labute approximate surface area is 117 Å². The topological polar surface area (TPSA) is 35.9 Å². The summed E-state index contributed by atoms with van der Waals surface area (Å²) in [6.45, 7) is 8.03. The van der Waals surface area contributed by atoms with Crippen LogP contribution in [0.5, 0.6) is 0 Å². The van der Waals surface area contributed by atoms with Crippen molar-refractivity contribution in [2.75, 3.05) is 27.2 Å². The highest BCUT2D eigenvalue weighted by Crippen LogP contribution is 2.32. The van der Waals surface area contributed by atoms with Crippen molar-refractivity contribution in [3.05, 3.63) is 0 Å². The van der Waals surface area contributed by atoms with Gasteiger partial charge in [0, 0.05) is 20.0 Å². The van der Waals surface area contributed by atoms with Gasteiger partial charge in [-0.25, -0.2) is 0 Å². The summed E-state index contributed by atoms with van der Waals surface area (Å²) in [5.41, 5.74) is -0.454. The normalized spacial score (nSPS) is 27.3. The van der Waals surface area contributed by atoms with E-state index in [4.69, 9.17) is 4.99 Å². The number of carbonyl (C=O) groups is 1. The lowest BCUT2D eigenvalue weighted by molar-refractivity contribution is -0.132. The standard InChI is InChI=1S/C13H23N3O.C2H6/c1-4-5-7-11-14-13(12(17)16(11)3)8-6-9-15(2)10-13;1-2/h4-10H2,1-3H3;1-2H3. The molecule has 4 nitrogen and oxygen atoms in total. The lowest BCUT2D eigenvalue weighted by atomic mass is 9.89. The minimum Gasteiger partial charge on any atom is -0.303 e. The average molecular weight is 267 g/mol. The lowest BCUT2D eigenvalue weighted by Gasteiger charge is -2.34. The second-order valence-electron chi connectivity index (χ2n) is 5.37. The zero-order valence-electron chi connectivity index (χ0n) is 13.2. The van der Waals surface area contributed by atoms with Gasteiger partial charge in [-0.15, -0.1) is 0 Å². The number of amidine groups is 1. The predicted octanol–water partition coefficient (Wildman–Crippen LogP) is 2.54. The molecule has 2 aliphatic rings. The zero-order chi connectivity index (χ0) is 14.5. The molecule has 1 spiro atoms. The molecule has 0 aromatic heterocycles. The van der Waals surface area contributed by atoms with E-state index in [0.717, 1.165) is 51.0 Å². The summed E-state index contributed by atoms with van der Waals surface area (Å²) in [7, 11) is 3.95. The summed E-state index contributed by atoms with van der Waals surface area (Å²) < 4.78 is 0. The number of hydrogen-bond acceptors (Lipinski definition) is 3. The van der Waals surface area contributed by atoms with Gasteiger partial charge in [0.2, 0.25) is 0 Å². The molecule has 19 heavy (non-hydrogen) atoms. The fourth-order valence-electron chi connectivity index (χ4n) is 2.87. The number of carbonyl (C=O) groups excluding carboxylic acids is 1. The van der Waals surface area contributed by atoms with E-state index >= 15 is 0 Å². The molecule has 0 aliphatic carbocycles. The van der Waals surface area contributed by atoms with Crippen molar-refractivity contribution in [3.8, 4) is 0 Å². The molecule has 1 saturated heterocycles. The van der Waals surface area contributed by atoms with Gasteiger partial charge in [-0.2, -0.15) is 0 Å². The molecule has 0 radical (unpaired) electrons. The van der Waals surface area contributed by atoms with E-state index in [9.17, 15) is 4.79 Å². The van der Waals surface area contributed by atoms with Gasteiger partial charge in [0.15, 0.2) is 5.54 Å². The van der Waals surface area contributed by atoms with Gasteiger partial charge in [0.25, 0.3) is 5.91 Å². The Kier molecular flexibility index (Phi) is 5.98. The first-order chi connectivity index (χ1) is 9.09. The first-order valence-electron chi connectivity index (χ1n) is 7.64. The van der Waals surface area contributed by atoms with Crippen LogP contribution in [-0.4, -0.2) is 54.3 Å². The molecule has 2 aliphatic heterocycles. The molecule has 2 heterocycles. The van der Waals surface area contributed by atoms with Crippen LogP contribution in [0.4, 0.5) is 0 Å². The van der Waals surface area contributed by atoms with Crippen molar-refractivity contribution in [3.63, 3.8) is 0 Å². The molecule has 0 aromatic rings. The summed E-state index contributed by atoms with van der Waals surface area (Å²) in [6.07, 6.45) is 5.18. The fraction of sp³-hybridized carbons (Fsp3) is 0.867. The predicted molar refractivity (Wildman–Crippen MR) is 80.5 cm³/mol. The maximum absolute atomic E-state index is 12.4. The van der Waals surface area contributed by atoms with Gasteiger partial charge in [-0.05, 0) is 32.9 Å². The largest absolute Gasteiger partial charge is 0.303 e. The smallest absolute Gasteiger partial charge is 0.256 e. The van der Waals surface area contributed by atoms with Crippen LogP contribution in [0.1, 0.15) is 52.9 Å². The third-order valence-electron chi connectivity index (χ3n) is 3.85. The Balaban J connectivity index is 0.000000861. The lowest BCUT2D eigenvalue weighted by Crippen LogP contribution is -2.51. The average Bonchev–Trinajstić information content (AvgIpc) is 2.64. The molecule has 1 fully saturated rings. The Bertz CT molecular complexity index is 340. The first-order valence-corrected chi connectivity index (χ1v) is 7.64. The van der Waals surface area contributed by atoms with E-state index in [2.05, 4.69) is 18.9 Å². The van der Waals surface area contributed by atoms with Crippen LogP contribution in [0, 0.1) is 0 Å². The van der Waals surface area contributed by atoms with E-state index < -0.39 is 5.54 Å². The zero-order valence-corrected chi connectivity index (χ0v) is 13.2. The number of unbranched alkanes of at least 4 members (excludes halogenated alkanes) is 1. The van der Waals surface area contributed by atoms with Gasteiger partial charge in [0.05, 0.1) is 0 Å². The second-order valence-corrected chi connectivity index (χ2v) is 5.37. The Hall–Kier alpha value is -0.900. The second kappa shape index (κ2) is 7.04. The molecule has 0 saturated carbocycles. The fourth-order valence-corrected chi connectivity index (χ4v) is 2.87. The molecule has 2 rings (SSSR count). The number of amides is 1. The Morgan fingerprint density at radius 1 is 1.32 bits per heavy atom. The highest BCUT2D eigenvalue weighted by atomic mass is 16.2. The number of likely N-dealkylation sites (N-methyl/N-ethyl adjacent to an activating group) is 2. The monoisotopic (exact) mass is 267 g/mol. The van der Waals surface area contributed by atoms with E-state index in [0.29, 0.717) is 0 Å². The molecule has 1 atom stereocenters. The molecule has 4 heteroatoms. The van der Waals surface area contributed by atoms with Crippen molar-refractivity contribution in [2.45, 2.75) is 58.4 Å². The molecule has 1 amide bonds. The summed E-state index contributed by atoms with van der Waals surface area (Å²) in [5.74, 6) is 1.20. The summed E-state index contributed by atoms with van der Waals surface area (Å²) in [6, 6.07) is 0. The third-order valence-corrected chi connectivity index (χ3v) is 3.85. The maximum Gasteiger partial charge on any atom is 0.256 e. The van der Waals surface area contributed by atoms with Crippen LogP contribution in [0.15, 0.2) is 4.99 Å². The van der Waals surface area contributed by atoms with Crippen LogP contribution in [0.3, 0.4) is 0 Å². The van der Waals surface area contributed by atoms with E-state index in [1.54, 1.807) is 4.90 Å². The SMILES string of the molecule is CC.CCCCC1=NC2(CCCN(C)C2)C(=O)N1C. The quantitative estimate of drug-likeness (QED) is 0.788. The van der Waals surface area contributed by atoms with E-state index in [-0.39, 0.29) is 5.91 Å². The van der Waals surface area contributed by atoms with Crippen molar-refractivity contribution < 1.29 is 4.79 Å². The van der Waals surface area contributed by atoms with E-state index in [1.807, 2.05) is 20.9 Å². The molecular formula is C15H29N3O. The molecular weight excluding hydrogens is 238 g/mol. The maximum atomic E-state index is 12.4. The van der Waals surface area contributed by atoms with Crippen molar-refractivity contribution in [1.82, 2.24) is 9.80 Å². The van der Waals surface area contributed by atoms with Crippen molar-refractivity contribution in [1.29, 1.82) is 0 Å². The van der Waals surface area contributed by atoms with Gasteiger partial charge in [-0.1, -0.05) is 27.2 Å². The van der Waals surface area contributed by atoms with Gasteiger partial charge < -0.3 is 9.80 Å². The Morgan fingerprint density at radius 3 is 2.58 bits per heavy atom. The third kappa shape index (κ3) is 3.35. The first kappa shape index (κ1) is 16.2. The van der Waals surface area contributed by atoms with E-state index in [1.165, 1.54) is 0 Å². The minimum atomic E-state index is -0.454. The Morgan fingerprint density at radius 2 is 2.00 bits per heavy atom.